The average molecular weight is 809 g/mol. The van der Waals surface area contributed by atoms with Crippen LogP contribution in [0.4, 0.5) is 0 Å². The zero-order valence-electron chi connectivity index (χ0n) is 31.8. The molecule has 0 radical (unpaired) electrons. The predicted molar refractivity (Wildman–Crippen MR) is 182 cm³/mol. The average Bonchev–Trinajstić information content (AvgIpc) is 3.07. The Bertz CT molecular complexity index is 1400. The van der Waals surface area contributed by atoms with Crippen LogP contribution in [0.25, 0.3) is 0 Å². The summed E-state index contributed by atoms with van der Waals surface area (Å²) in [7, 11) is 1.28. The number of esters is 8. The molecule has 2 aliphatic heterocycles. The number of hydrogen-bond donors (Lipinski definition) is 0. The van der Waals surface area contributed by atoms with Gasteiger partial charge in [0.05, 0.1) is 20.1 Å². The highest BCUT2D eigenvalue weighted by molar-refractivity contribution is 7.99. The van der Waals surface area contributed by atoms with Crippen molar-refractivity contribution >= 4 is 59.5 Å². The number of carbonyl (C=O) groups is 8. The minimum absolute atomic E-state index is 0.165. The van der Waals surface area contributed by atoms with Crippen LogP contribution in [0, 0.1) is 0 Å². The van der Waals surface area contributed by atoms with E-state index in [9.17, 15) is 38.4 Å². The van der Waals surface area contributed by atoms with E-state index in [4.69, 9.17) is 52.1 Å². The third-order valence-corrected chi connectivity index (χ3v) is 8.43. The van der Waals surface area contributed by atoms with Gasteiger partial charge in [-0.15, -0.1) is 0 Å². The van der Waals surface area contributed by atoms with Crippen LogP contribution >= 0.6 is 11.8 Å². The Hall–Kier alpha value is -4.31. The van der Waals surface area contributed by atoms with E-state index >= 15 is 0 Å². The van der Waals surface area contributed by atoms with Gasteiger partial charge in [0, 0.05) is 60.0 Å². The summed E-state index contributed by atoms with van der Waals surface area (Å²) in [6, 6.07) is 0. The molecule has 2 aliphatic rings. The summed E-state index contributed by atoms with van der Waals surface area (Å²) in [5, 5.41) is 0. The van der Waals surface area contributed by atoms with Crippen molar-refractivity contribution in [3.05, 3.63) is 12.2 Å². The third kappa shape index (κ3) is 16.1. The van der Waals surface area contributed by atoms with Crippen molar-refractivity contribution in [2.45, 2.75) is 116 Å². The Labute approximate surface area is 321 Å². The van der Waals surface area contributed by atoms with E-state index in [0.717, 1.165) is 48.5 Å². The van der Waals surface area contributed by atoms with Crippen LogP contribution in [-0.4, -0.2) is 148 Å². The molecule has 0 spiro atoms. The van der Waals surface area contributed by atoms with E-state index < -0.39 is 116 Å². The molecule has 310 valence electrons. The van der Waals surface area contributed by atoms with Gasteiger partial charge in [-0.3, -0.25) is 38.4 Å². The Morgan fingerprint density at radius 1 is 0.564 bits per heavy atom. The molecule has 55 heavy (non-hydrogen) atoms. The highest BCUT2D eigenvalue weighted by Gasteiger charge is 2.57. The lowest BCUT2D eigenvalue weighted by Crippen LogP contribution is -2.67. The van der Waals surface area contributed by atoms with Gasteiger partial charge in [0.15, 0.2) is 43.1 Å². The quantitative estimate of drug-likeness (QED) is 0.0745. The van der Waals surface area contributed by atoms with Crippen LogP contribution in [0.3, 0.4) is 0 Å². The molecule has 10 atom stereocenters. The second kappa shape index (κ2) is 22.9. The predicted octanol–water partition coefficient (Wildman–Crippen LogP) is 0.475. The van der Waals surface area contributed by atoms with Crippen molar-refractivity contribution in [2.24, 2.45) is 0 Å². The Morgan fingerprint density at radius 3 is 1.45 bits per heavy atom. The summed E-state index contributed by atoms with van der Waals surface area (Å²) in [5.41, 5.74) is 0.525. The van der Waals surface area contributed by atoms with Crippen molar-refractivity contribution < 1.29 is 95.2 Å². The summed E-state index contributed by atoms with van der Waals surface area (Å²) in [6.45, 7) is 10.1. The lowest BCUT2D eigenvalue weighted by Gasteiger charge is -2.48. The molecule has 0 aliphatic carbocycles. The maximum absolute atomic E-state index is 12.6. The fraction of sp³-hybridized carbons (Fsp3) is 0.706. The first kappa shape index (κ1) is 46.8. The molecule has 21 heteroatoms. The normalized spacial score (nSPS) is 27.3. The topological polar surface area (TPSA) is 247 Å². The lowest BCUT2D eigenvalue weighted by atomic mass is 9.96. The van der Waals surface area contributed by atoms with Crippen LogP contribution in [0.15, 0.2) is 12.2 Å². The van der Waals surface area contributed by atoms with Crippen LogP contribution < -0.4 is 0 Å². The zero-order valence-corrected chi connectivity index (χ0v) is 32.6. The van der Waals surface area contributed by atoms with Gasteiger partial charge in [-0.2, -0.15) is 11.8 Å². The first-order chi connectivity index (χ1) is 25.8. The number of hydrogen-bond acceptors (Lipinski definition) is 21. The monoisotopic (exact) mass is 808 g/mol. The number of carbonyl (C=O) groups excluding carboxylic acids is 8. The zero-order chi connectivity index (χ0) is 41.4. The fourth-order valence-corrected chi connectivity index (χ4v) is 6.15. The standard InChI is InChI=1S/C34H48O20S/c1-16(15-55-11-10-26(42)43-9)12-46-33-31(50-22(7)40)30(49-21(6)39)28(25(52-33)14-45-18(3)36)54-34-32(51-23(8)41)29(48-20(5)38)27(47-19(4)37)24(53-34)13-44-17(2)35/h24-25,27-34H,1,10-15H2,2-9H3/t24-,25-,27+,28+,29+,30+,31-,32-,33+,34+/m1/s1. The molecule has 0 unspecified atom stereocenters. The fourth-order valence-electron chi connectivity index (χ4n) is 5.32. The van der Waals surface area contributed by atoms with E-state index in [1.54, 1.807) is 0 Å². The smallest absolute Gasteiger partial charge is 0.306 e. The van der Waals surface area contributed by atoms with Gasteiger partial charge < -0.3 is 56.8 Å². The van der Waals surface area contributed by atoms with Gasteiger partial charge in [-0.1, -0.05) is 6.58 Å². The van der Waals surface area contributed by atoms with E-state index in [1.807, 2.05) is 0 Å². The SMILES string of the molecule is C=C(CO[C@H]1O[C@H](COC(C)=O)[C@H](O[C@@H]2O[C@H](COC(C)=O)[C@H](OC(C)=O)[C@H](OC(C)=O)[C@H]2OC(C)=O)[C@H](OC(C)=O)[C@H]1OC(C)=O)CSCCC(=O)OC. The van der Waals surface area contributed by atoms with Crippen LogP contribution in [0.5, 0.6) is 0 Å². The molecule has 0 bridgehead atoms. The van der Waals surface area contributed by atoms with Gasteiger partial charge in [-0.25, -0.2) is 0 Å². The maximum atomic E-state index is 12.6. The Morgan fingerprint density at radius 2 is 0.982 bits per heavy atom. The van der Waals surface area contributed by atoms with E-state index in [0.29, 0.717) is 17.1 Å². The molecular formula is C34H48O20S. The van der Waals surface area contributed by atoms with Gasteiger partial charge in [0.25, 0.3) is 0 Å². The van der Waals surface area contributed by atoms with E-state index in [1.165, 1.54) is 18.9 Å². The van der Waals surface area contributed by atoms with Gasteiger partial charge in [0.1, 0.15) is 31.5 Å². The number of ether oxygens (including phenoxy) is 12. The van der Waals surface area contributed by atoms with Crippen LogP contribution in [-0.2, 0) is 95.2 Å². The summed E-state index contributed by atoms with van der Waals surface area (Å²) < 4.78 is 67.0. The molecule has 0 saturated carbocycles. The molecule has 0 aromatic heterocycles. The molecule has 0 aromatic rings. The van der Waals surface area contributed by atoms with Gasteiger partial charge in [-0.05, 0) is 5.57 Å². The minimum atomic E-state index is -1.82. The first-order valence-corrected chi connectivity index (χ1v) is 18.0. The molecule has 0 N–H and O–H groups in total. The Balaban J connectivity index is 2.61. The summed E-state index contributed by atoms with van der Waals surface area (Å²) in [5.74, 6) is -5.58. The van der Waals surface area contributed by atoms with Gasteiger partial charge >= 0.3 is 47.8 Å². The largest absolute Gasteiger partial charge is 0.469 e. The summed E-state index contributed by atoms with van der Waals surface area (Å²) >= 11 is 1.37. The Kier molecular flexibility index (Phi) is 19.5. The molecule has 2 fully saturated rings. The highest BCUT2D eigenvalue weighted by Crippen LogP contribution is 2.35. The molecule has 2 heterocycles. The highest BCUT2D eigenvalue weighted by atomic mass is 32.2. The molecule has 2 saturated heterocycles. The minimum Gasteiger partial charge on any atom is -0.469 e. The summed E-state index contributed by atoms with van der Waals surface area (Å²) in [4.78, 5) is 97.2. The van der Waals surface area contributed by atoms with Crippen molar-refractivity contribution in [2.75, 3.05) is 38.4 Å². The third-order valence-electron chi connectivity index (χ3n) is 7.32. The second-order valence-electron chi connectivity index (χ2n) is 12.1. The van der Waals surface area contributed by atoms with Crippen molar-refractivity contribution in [3.8, 4) is 0 Å². The second-order valence-corrected chi connectivity index (χ2v) is 13.2. The van der Waals surface area contributed by atoms with Crippen molar-refractivity contribution in [1.29, 1.82) is 0 Å². The number of rotatable bonds is 19. The van der Waals surface area contributed by atoms with Gasteiger partial charge in [0.2, 0.25) is 0 Å². The molecule has 2 rings (SSSR count). The number of methoxy groups -OCH3 is 1. The summed E-state index contributed by atoms with van der Waals surface area (Å²) in [6.07, 6.45) is -15.6. The van der Waals surface area contributed by atoms with E-state index in [-0.39, 0.29) is 19.0 Å². The molecule has 0 aromatic carbocycles. The number of thioether (sulfide) groups is 1. The van der Waals surface area contributed by atoms with Crippen LogP contribution in [0.1, 0.15) is 54.9 Å². The lowest BCUT2D eigenvalue weighted by molar-refractivity contribution is -0.360. The molecular weight excluding hydrogens is 760 g/mol. The van der Waals surface area contributed by atoms with Crippen LogP contribution in [0.2, 0.25) is 0 Å². The maximum Gasteiger partial charge on any atom is 0.306 e. The van der Waals surface area contributed by atoms with Crippen molar-refractivity contribution in [3.63, 3.8) is 0 Å². The van der Waals surface area contributed by atoms with Crippen molar-refractivity contribution in [1.82, 2.24) is 0 Å². The molecule has 0 amide bonds. The van der Waals surface area contributed by atoms with E-state index in [2.05, 4.69) is 11.3 Å². The molecule has 20 nitrogen and oxygen atoms in total. The first-order valence-electron chi connectivity index (χ1n) is 16.8.